The summed E-state index contributed by atoms with van der Waals surface area (Å²) in [4.78, 5) is 9.63. The highest BCUT2D eigenvalue weighted by Gasteiger charge is 2.10. The van der Waals surface area contributed by atoms with Crippen LogP contribution in [0.5, 0.6) is 0 Å². The van der Waals surface area contributed by atoms with E-state index in [1.54, 1.807) is 24.2 Å². The first-order chi connectivity index (χ1) is 9.36. The summed E-state index contributed by atoms with van der Waals surface area (Å²) in [6.07, 6.45) is 5.47. The Hall–Kier alpha value is -2.14. The van der Waals surface area contributed by atoms with Crippen molar-refractivity contribution in [2.24, 2.45) is 0 Å². The molecule has 2 aromatic heterocycles. The van der Waals surface area contributed by atoms with Crippen LogP contribution in [-0.2, 0) is 0 Å². The molecule has 0 aliphatic carbocycles. The van der Waals surface area contributed by atoms with Crippen LogP contribution in [-0.4, -0.2) is 21.4 Å². The molecule has 3 rings (SSSR count). The standard InChI is InChI=1S/C14H11N3OS/c1-19-12-6-4-10(5-7-12)14-16-13(17-18-14)11-3-2-8-15-9-11/h2-9H,1H3. The molecule has 0 fully saturated rings. The van der Waals surface area contributed by atoms with Gasteiger partial charge in [-0.3, -0.25) is 4.98 Å². The molecule has 1 aromatic carbocycles. The summed E-state index contributed by atoms with van der Waals surface area (Å²) in [5.74, 6) is 1.07. The number of hydrogen-bond donors (Lipinski definition) is 0. The van der Waals surface area contributed by atoms with E-state index in [0.717, 1.165) is 11.1 Å². The van der Waals surface area contributed by atoms with Crippen molar-refractivity contribution < 1.29 is 4.52 Å². The van der Waals surface area contributed by atoms with E-state index in [1.807, 2.05) is 42.7 Å². The maximum Gasteiger partial charge on any atom is 0.258 e. The number of nitrogens with zero attached hydrogens (tertiary/aromatic N) is 3. The molecule has 0 saturated carbocycles. The maximum absolute atomic E-state index is 5.28. The van der Waals surface area contributed by atoms with Crippen LogP contribution in [0.15, 0.2) is 58.2 Å². The lowest BCUT2D eigenvalue weighted by atomic mass is 10.2. The Bertz CT molecular complexity index is 665. The number of benzene rings is 1. The molecule has 5 heteroatoms. The van der Waals surface area contributed by atoms with Crippen molar-refractivity contribution in [2.75, 3.05) is 6.26 Å². The van der Waals surface area contributed by atoms with Gasteiger partial charge in [-0.1, -0.05) is 5.16 Å². The third-order valence-electron chi connectivity index (χ3n) is 2.68. The number of aromatic nitrogens is 3. The molecule has 0 spiro atoms. The largest absolute Gasteiger partial charge is 0.334 e. The normalized spacial score (nSPS) is 10.6. The average Bonchev–Trinajstić information content (AvgIpc) is 2.98. The highest BCUT2D eigenvalue weighted by molar-refractivity contribution is 7.98. The lowest BCUT2D eigenvalue weighted by Crippen LogP contribution is -1.82. The summed E-state index contributed by atoms with van der Waals surface area (Å²) in [6, 6.07) is 11.8. The minimum absolute atomic E-state index is 0.520. The summed E-state index contributed by atoms with van der Waals surface area (Å²) in [5.41, 5.74) is 1.76. The van der Waals surface area contributed by atoms with Crippen molar-refractivity contribution >= 4 is 11.8 Å². The van der Waals surface area contributed by atoms with Crippen LogP contribution in [0, 0.1) is 0 Å². The van der Waals surface area contributed by atoms with Crippen molar-refractivity contribution in [1.29, 1.82) is 0 Å². The quantitative estimate of drug-likeness (QED) is 0.681. The molecule has 0 saturated heterocycles. The van der Waals surface area contributed by atoms with Crippen LogP contribution in [0.3, 0.4) is 0 Å². The van der Waals surface area contributed by atoms with E-state index in [-0.39, 0.29) is 0 Å². The molecule has 0 radical (unpaired) electrons. The topological polar surface area (TPSA) is 51.8 Å². The van der Waals surface area contributed by atoms with Crippen LogP contribution in [0.1, 0.15) is 0 Å². The van der Waals surface area contributed by atoms with E-state index in [1.165, 1.54) is 4.90 Å². The molecule has 4 nitrogen and oxygen atoms in total. The van der Waals surface area contributed by atoms with Gasteiger partial charge in [-0.15, -0.1) is 11.8 Å². The fourth-order valence-corrected chi connectivity index (χ4v) is 2.09. The maximum atomic E-state index is 5.28. The molecule has 0 aliphatic rings. The zero-order valence-electron chi connectivity index (χ0n) is 10.3. The lowest BCUT2D eigenvalue weighted by molar-refractivity contribution is 0.432. The summed E-state index contributed by atoms with van der Waals surface area (Å²) in [7, 11) is 0. The van der Waals surface area contributed by atoms with Gasteiger partial charge in [0.05, 0.1) is 0 Å². The van der Waals surface area contributed by atoms with E-state index in [4.69, 9.17) is 4.52 Å². The van der Waals surface area contributed by atoms with Gasteiger partial charge in [0.2, 0.25) is 5.82 Å². The number of thioether (sulfide) groups is 1. The first-order valence-corrected chi connectivity index (χ1v) is 6.98. The van der Waals surface area contributed by atoms with Crippen LogP contribution in [0.2, 0.25) is 0 Å². The molecule has 0 unspecified atom stereocenters. The van der Waals surface area contributed by atoms with Crippen LogP contribution in [0.25, 0.3) is 22.8 Å². The number of rotatable bonds is 3. The Morgan fingerprint density at radius 1 is 1.05 bits per heavy atom. The molecule has 19 heavy (non-hydrogen) atoms. The third-order valence-corrected chi connectivity index (χ3v) is 3.43. The monoisotopic (exact) mass is 269 g/mol. The predicted molar refractivity (Wildman–Crippen MR) is 74.7 cm³/mol. The highest BCUT2D eigenvalue weighted by Crippen LogP contribution is 2.23. The van der Waals surface area contributed by atoms with Crippen molar-refractivity contribution in [2.45, 2.75) is 4.90 Å². The summed E-state index contributed by atoms with van der Waals surface area (Å²) >= 11 is 1.70. The zero-order chi connectivity index (χ0) is 13.1. The Morgan fingerprint density at radius 2 is 1.89 bits per heavy atom. The smallest absolute Gasteiger partial charge is 0.258 e. The van der Waals surface area contributed by atoms with Crippen molar-refractivity contribution in [3.8, 4) is 22.8 Å². The van der Waals surface area contributed by atoms with E-state index < -0.39 is 0 Å². The van der Waals surface area contributed by atoms with Crippen molar-refractivity contribution in [3.05, 3.63) is 48.8 Å². The van der Waals surface area contributed by atoms with Gasteiger partial charge in [0.1, 0.15) is 0 Å². The van der Waals surface area contributed by atoms with Gasteiger partial charge in [-0.25, -0.2) is 0 Å². The van der Waals surface area contributed by atoms with E-state index in [9.17, 15) is 0 Å². The number of pyridine rings is 1. The predicted octanol–water partition coefficient (Wildman–Crippen LogP) is 3.52. The molecule has 3 aromatic rings. The second kappa shape index (κ2) is 5.24. The molecule has 0 amide bonds. The minimum atomic E-state index is 0.520. The van der Waals surface area contributed by atoms with Gasteiger partial charge in [0.15, 0.2) is 0 Å². The summed E-state index contributed by atoms with van der Waals surface area (Å²) in [6.45, 7) is 0. The molecule has 2 heterocycles. The first-order valence-electron chi connectivity index (χ1n) is 5.75. The summed E-state index contributed by atoms with van der Waals surface area (Å²) < 4.78 is 5.28. The Labute approximate surface area is 114 Å². The molecule has 0 aliphatic heterocycles. The van der Waals surface area contributed by atoms with Crippen molar-refractivity contribution in [3.63, 3.8) is 0 Å². The van der Waals surface area contributed by atoms with Gasteiger partial charge in [0, 0.05) is 28.4 Å². The van der Waals surface area contributed by atoms with Gasteiger partial charge in [0.25, 0.3) is 5.89 Å². The molecule has 0 N–H and O–H groups in total. The first kappa shape index (κ1) is 11.9. The van der Waals surface area contributed by atoms with Crippen LogP contribution >= 0.6 is 11.8 Å². The molecular weight excluding hydrogens is 258 g/mol. The fourth-order valence-electron chi connectivity index (χ4n) is 1.69. The molecule has 0 atom stereocenters. The summed E-state index contributed by atoms with van der Waals surface area (Å²) in [5, 5.41) is 3.97. The lowest BCUT2D eigenvalue weighted by Gasteiger charge is -1.96. The van der Waals surface area contributed by atoms with Gasteiger partial charge >= 0.3 is 0 Å². The SMILES string of the molecule is CSc1ccc(-c2nc(-c3cccnc3)no2)cc1. The molecule has 94 valence electrons. The average molecular weight is 269 g/mol. The Morgan fingerprint density at radius 3 is 2.58 bits per heavy atom. The second-order valence-electron chi connectivity index (χ2n) is 3.89. The molecule has 0 bridgehead atoms. The number of hydrogen-bond acceptors (Lipinski definition) is 5. The zero-order valence-corrected chi connectivity index (χ0v) is 11.1. The molecular formula is C14H11N3OS. The van der Waals surface area contributed by atoms with Gasteiger partial charge in [-0.05, 0) is 42.7 Å². The van der Waals surface area contributed by atoms with E-state index in [0.29, 0.717) is 11.7 Å². The van der Waals surface area contributed by atoms with E-state index >= 15 is 0 Å². The minimum Gasteiger partial charge on any atom is -0.334 e. The highest BCUT2D eigenvalue weighted by atomic mass is 32.2. The fraction of sp³-hybridized carbons (Fsp3) is 0.0714. The second-order valence-corrected chi connectivity index (χ2v) is 4.77. The van der Waals surface area contributed by atoms with Gasteiger partial charge < -0.3 is 4.52 Å². The Kier molecular flexibility index (Phi) is 3.29. The van der Waals surface area contributed by atoms with E-state index in [2.05, 4.69) is 15.1 Å². The third kappa shape index (κ3) is 2.51. The van der Waals surface area contributed by atoms with Crippen LogP contribution in [0.4, 0.5) is 0 Å². The Balaban J connectivity index is 1.92. The van der Waals surface area contributed by atoms with Crippen LogP contribution < -0.4 is 0 Å². The van der Waals surface area contributed by atoms with Gasteiger partial charge in [-0.2, -0.15) is 4.98 Å². The van der Waals surface area contributed by atoms with Crippen molar-refractivity contribution in [1.82, 2.24) is 15.1 Å².